The van der Waals surface area contributed by atoms with Gasteiger partial charge < -0.3 is 20.1 Å². The molecule has 3 unspecified atom stereocenters. The van der Waals surface area contributed by atoms with Gasteiger partial charge in [-0.25, -0.2) is 23.3 Å². The number of aliphatic hydroxyl groups excluding tert-OH is 1. The highest BCUT2D eigenvalue weighted by Crippen LogP contribution is 2.34. The van der Waals surface area contributed by atoms with E-state index in [1.165, 1.54) is 11.8 Å². The van der Waals surface area contributed by atoms with Crippen LogP contribution in [0.1, 0.15) is 30.9 Å². The summed E-state index contributed by atoms with van der Waals surface area (Å²) in [5.74, 6) is -2.14. The van der Waals surface area contributed by atoms with Gasteiger partial charge in [-0.15, -0.1) is 0 Å². The SMILES string of the molecule is O=C(NC1CCN(C2CCN(c3ccccc3)CC2)C1)N1C(=O)OC(CO)C1c1ccc(F)c(F)c1. The Bertz CT molecular complexity index is 1100. The van der Waals surface area contributed by atoms with Gasteiger partial charge in [0, 0.05) is 44.0 Å². The van der Waals surface area contributed by atoms with Crippen molar-refractivity contribution in [1.29, 1.82) is 0 Å². The number of urea groups is 1. The Morgan fingerprint density at radius 3 is 2.47 bits per heavy atom. The van der Waals surface area contributed by atoms with Crippen LogP contribution >= 0.6 is 0 Å². The number of aliphatic hydroxyl groups is 1. The molecule has 2 aromatic carbocycles. The molecule has 0 spiro atoms. The van der Waals surface area contributed by atoms with Gasteiger partial charge in [-0.2, -0.15) is 0 Å². The van der Waals surface area contributed by atoms with Crippen LogP contribution in [0.3, 0.4) is 0 Å². The summed E-state index contributed by atoms with van der Waals surface area (Å²) in [6.07, 6.45) is 0.814. The minimum atomic E-state index is -1.10. The molecule has 36 heavy (non-hydrogen) atoms. The summed E-state index contributed by atoms with van der Waals surface area (Å²) in [6.45, 7) is 2.90. The molecule has 0 aromatic heterocycles. The van der Waals surface area contributed by atoms with Gasteiger partial charge in [-0.1, -0.05) is 24.3 Å². The van der Waals surface area contributed by atoms with Crippen molar-refractivity contribution in [3.05, 3.63) is 65.7 Å². The van der Waals surface area contributed by atoms with Crippen LogP contribution in [0.4, 0.5) is 24.1 Å². The highest BCUT2D eigenvalue weighted by atomic mass is 19.2. The predicted molar refractivity (Wildman–Crippen MR) is 128 cm³/mol. The topological polar surface area (TPSA) is 85.4 Å². The molecule has 10 heteroatoms. The van der Waals surface area contributed by atoms with Crippen LogP contribution in [-0.4, -0.2) is 78.0 Å². The Morgan fingerprint density at radius 1 is 1.03 bits per heavy atom. The zero-order valence-corrected chi connectivity index (χ0v) is 19.9. The third-order valence-corrected chi connectivity index (χ3v) is 7.41. The van der Waals surface area contributed by atoms with Crippen LogP contribution in [0.5, 0.6) is 0 Å². The molecule has 2 N–H and O–H groups in total. The zero-order valence-electron chi connectivity index (χ0n) is 19.9. The van der Waals surface area contributed by atoms with Crippen LogP contribution < -0.4 is 10.2 Å². The number of amides is 3. The van der Waals surface area contributed by atoms with Gasteiger partial charge >= 0.3 is 12.1 Å². The summed E-state index contributed by atoms with van der Waals surface area (Å²) < 4.78 is 32.5. The van der Waals surface area contributed by atoms with E-state index >= 15 is 0 Å². The van der Waals surface area contributed by atoms with E-state index in [0.29, 0.717) is 12.6 Å². The number of likely N-dealkylation sites (tertiary alicyclic amines) is 1. The number of para-hydroxylation sites is 1. The third-order valence-electron chi connectivity index (χ3n) is 7.41. The number of hydrogen-bond acceptors (Lipinski definition) is 6. The normalized spacial score (nSPS) is 25.3. The molecule has 0 radical (unpaired) electrons. The Labute approximate surface area is 208 Å². The quantitative estimate of drug-likeness (QED) is 0.656. The standard InChI is InChI=1S/C26H30F2N4O4/c27-21-7-6-17(14-22(21)28)24-23(16-33)36-26(35)32(24)25(34)29-18-8-11-31(15-18)20-9-12-30(13-10-20)19-4-2-1-3-5-19/h1-7,14,18,20,23-24,33H,8-13,15-16H2,(H,29,34). The average molecular weight is 501 g/mol. The first kappa shape index (κ1) is 24.5. The number of piperidine rings is 1. The molecule has 3 saturated heterocycles. The van der Waals surface area contributed by atoms with E-state index in [2.05, 4.69) is 27.2 Å². The Kier molecular flexibility index (Phi) is 7.06. The summed E-state index contributed by atoms with van der Waals surface area (Å²) in [6, 6.07) is 12.0. The lowest BCUT2D eigenvalue weighted by Crippen LogP contribution is -2.49. The molecule has 192 valence electrons. The number of hydrogen-bond donors (Lipinski definition) is 2. The van der Waals surface area contributed by atoms with Gasteiger partial charge in [-0.05, 0) is 49.1 Å². The van der Waals surface area contributed by atoms with E-state index in [0.717, 1.165) is 55.9 Å². The van der Waals surface area contributed by atoms with Crippen molar-refractivity contribution in [1.82, 2.24) is 15.1 Å². The first-order valence-corrected chi connectivity index (χ1v) is 12.3. The fourth-order valence-electron chi connectivity index (χ4n) is 5.55. The van der Waals surface area contributed by atoms with Crippen molar-refractivity contribution >= 4 is 17.8 Å². The lowest BCUT2D eigenvalue weighted by atomic mass is 10.0. The number of anilines is 1. The van der Waals surface area contributed by atoms with Crippen LogP contribution in [0, 0.1) is 11.6 Å². The molecular formula is C26H30F2N4O4. The monoisotopic (exact) mass is 500 g/mol. The van der Waals surface area contributed by atoms with E-state index in [1.807, 2.05) is 18.2 Å². The summed E-state index contributed by atoms with van der Waals surface area (Å²) in [5.41, 5.74) is 1.41. The van der Waals surface area contributed by atoms with Crippen LogP contribution in [-0.2, 0) is 4.74 Å². The number of imide groups is 1. The van der Waals surface area contributed by atoms with Crippen LogP contribution in [0.2, 0.25) is 0 Å². The molecule has 3 atom stereocenters. The van der Waals surface area contributed by atoms with Crippen molar-refractivity contribution in [3.8, 4) is 0 Å². The van der Waals surface area contributed by atoms with Crippen molar-refractivity contribution in [2.24, 2.45) is 0 Å². The summed E-state index contributed by atoms with van der Waals surface area (Å²) >= 11 is 0. The molecule has 3 aliphatic rings. The first-order valence-electron chi connectivity index (χ1n) is 12.3. The molecule has 0 bridgehead atoms. The lowest BCUT2D eigenvalue weighted by molar-refractivity contribution is 0.0827. The van der Waals surface area contributed by atoms with Crippen molar-refractivity contribution in [3.63, 3.8) is 0 Å². The van der Waals surface area contributed by atoms with E-state index < -0.39 is 42.5 Å². The summed E-state index contributed by atoms with van der Waals surface area (Å²) in [7, 11) is 0. The summed E-state index contributed by atoms with van der Waals surface area (Å²) in [5, 5.41) is 12.6. The fraction of sp³-hybridized carbons (Fsp3) is 0.462. The molecule has 3 amide bonds. The number of ether oxygens (including phenoxy) is 1. The first-order chi connectivity index (χ1) is 17.4. The largest absolute Gasteiger partial charge is 0.441 e. The second-order valence-electron chi connectivity index (χ2n) is 9.58. The number of nitrogens with one attached hydrogen (secondary N) is 1. The Balaban J connectivity index is 1.19. The highest BCUT2D eigenvalue weighted by molar-refractivity contribution is 5.93. The molecule has 3 fully saturated rings. The van der Waals surface area contributed by atoms with Gasteiger partial charge in [0.25, 0.3) is 0 Å². The number of carbonyl (C=O) groups excluding carboxylic acids is 2. The van der Waals surface area contributed by atoms with E-state index in [1.54, 1.807) is 0 Å². The summed E-state index contributed by atoms with van der Waals surface area (Å²) in [4.78, 5) is 31.3. The molecule has 0 aliphatic carbocycles. The Morgan fingerprint density at radius 2 is 1.78 bits per heavy atom. The van der Waals surface area contributed by atoms with Crippen LogP contribution in [0.25, 0.3) is 0 Å². The molecular weight excluding hydrogens is 470 g/mol. The van der Waals surface area contributed by atoms with Gasteiger partial charge in [0.05, 0.1) is 6.61 Å². The fourth-order valence-corrected chi connectivity index (χ4v) is 5.55. The van der Waals surface area contributed by atoms with E-state index in [-0.39, 0.29) is 11.6 Å². The van der Waals surface area contributed by atoms with Gasteiger partial charge in [0.15, 0.2) is 17.7 Å². The maximum Gasteiger partial charge on any atom is 0.419 e. The van der Waals surface area contributed by atoms with Gasteiger partial charge in [0.2, 0.25) is 0 Å². The predicted octanol–water partition coefficient (Wildman–Crippen LogP) is 3.27. The third kappa shape index (κ3) is 4.87. The second-order valence-corrected chi connectivity index (χ2v) is 9.58. The minimum Gasteiger partial charge on any atom is -0.441 e. The number of nitrogens with zero attached hydrogens (tertiary/aromatic N) is 3. The van der Waals surface area contributed by atoms with Gasteiger partial charge in [-0.3, -0.25) is 4.90 Å². The van der Waals surface area contributed by atoms with Crippen molar-refractivity contribution in [2.75, 3.05) is 37.7 Å². The highest BCUT2D eigenvalue weighted by Gasteiger charge is 2.47. The number of cyclic esters (lactones) is 1. The second kappa shape index (κ2) is 10.4. The van der Waals surface area contributed by atoms with E-state index in [4.69, 9.17) is 4.74 Å². The molecule has 0 saturated carbocycles. The minimum absolute atomic E-state index is 0.156. The molecule has 3 aliphatic heterocycles. The maximum absolute atomic E-state index is 13.9. The smallest absolute Gasteiger partial charge is 0.419 e. The molecule has 2 aromatic rings. The molecule has 8 nitrogen and oxygen atoms in total. The average Bonchev–Trinajstić information content (AvgIpc) is 3.50. The number of carbonyl (C=O) groups is 2. The molecule has 5 rings (SSSR count). The van der Waals surface area contributed by atoms with E-state index in [9.17, 15) is 23.5 Å². The Hall–Kier alpha value is -3.24. The van der Waals surface area contributed by atoms with Gasteiger partial charge in [0.1, 0.15) is 6.04 Å². The molecule has 3 heterocycles. The number of halogens is 2. The van der Waals surface area contributed by atoms with Crippen molar-refractivity contribution in [2.45, 2.75) is 43.5 Å². The van der Waals surface area contributed by atoms with Crippen LogP contribution in [0.15, 0.2) is 48.5 Å². The zero-order chi connectivity index (χ0) is 25.2. The lowest BCUT2D eigenvalue weighted by Gasteiger charge is -2.38. The maximum atomic E-state index is 13.9. The van der Waals surface area contributed by atoms with Crippen molar-refractivity contribution < 1.29 is 28.2 Å². The number of rotatable bonds is 5. The number of benzene rings is 2.